The van der Waals surface area contributed by atoms with E-state index < -0.39 is 0 Å². The van der Waals surface area contributed by atoms with Crippen LogP contribution in [0.2, 0.25) is 0 Å². The first-order valence-corrected chi connectivity index (χ1v) is 5.81. The third-order valence-corrected chi connectivity index (χ3v) is 3.84. The van der Waals surface area contributed by atoms with Crippen molar-refractivity contribution in [2.24, 2.45) is 17.6 Å². The Kier molecular flexibility index (Phi) is 2.89. The summed E-state index contributed by atoms with van der Waals surface area (Å²) in [7, 11) is 0. The van der Waals surface area contributed by atoms with Crippen molar-refractivity contribution in [3.63, 3.8) is 0 Å². The van der Waals surface area contributed by atoms with Gasteiger partial charge in [0.25, 0.3) is 0 Å². The number of nitrogens with one attached hydrogen (secondary N) is 1. The SMILES string of the molecule is CCC1CC1NC1CCCC1CN. The molecule has 0 saturated heterocycles. The van der Waals surface area contributed by atoms with Crippen LogP contribution < -0.4 is 11.1 Å². The van der Waals surface area contributed by atoms with Gasteiger partial charge in [-0.15, -0.1) is 0 Å². The fourth-order valence-corrected chi connectivity index (χ4v) is 2.72. The van der Waals surface area contributed by atoms with Gasteiger partial charge in [0.15, 0.2) is 0 Å². The minimum Gasteiger partial charge on any atom is -0.330 e. The summed E-state index contributed by atoms with van der Waals surface area (Å²) >= 11 is 0. The van der Waals surface area contributed by atoms with Crippen molar-refractivity contribution in [3.05, 3.63) is 0 Å². The second-order valence-electron chi connectivity index (χ2n) is 4.71. The Labute approximate surface area is 81.3 Å². The molecule has 2 fully saturated rings. The fourth-order valence-electron chi connectivity index (χ4n) is 2.72. The molecule has 0 aliphatic heterocycles. The van der Waals surface area contributed by atoms with E-state index in [1.807, 2.05) is 0 Å². The zero-order valence-corrected chi connectivity index (χ0v) is 8.63. The van der Waals surface area contributed by atoms with Crippen LogP contribution in [0.25, 0.3) is 0 Å². The van der Waals surface area contributed by atoms with Gasteiger partial charge in [0.2, 0.25) is 0 Å². The first-order chi connectivity index (χ1) is 6.35. The van der Waals surface area contributed by atoms with Crippen LogP contribution in [0.15, 0.2) is 0 Å². The first-order valence-electron chi connectivity index (χ1n) is 5.81. The van der Waals surface area contributed by atoms with Gasteiger partial charge in [-0.1, -0.05) is 19.8 Å². The highest BCUT2D eigenvalue weighted by Gasteiger charge is 2.38. The van der Waals surface area contributed by atoms with E-state index in [9.17, 15) is 0 Å². The van der Waals surface area contributed by atoms with Gasteiger partial charge in [0, 0.05) is 12.1 Å². The summed E-state index contributed by atoms with van der Waals surface area (Å²) in [4.78, 5) is 0. The maximum Gasteiger partial charge on any atom is 0.0110 e. The molecule has 3 N–H and O–H groups in total. The molecular weight excluding hydrogens is 160 g/mol. The standard InChI is InChI=1S/C11H22N2/c1-2-8-6-11(8)13-10-5-3-4-9(10)7-12/h8-11,13H,2-7,12H2,1H3. The Bertz CT molecular complexity index is 169. The van der Waals surface area contributed by atoms with Gasteiger partial charge in [-0.3, -0.25) is 0 Å². The molecule has 2 rings (SSSR count). The van der Waals surface area contributed by atoms with Gasteiger partial charge in [0.05, 0.1) is 0 Å². The van der Waals surface area contributed by atoms with Crippen LogP contribution in [0.1, 0.15) is 39.0 Å². The van der Waals surface area contributed by atoms with E-state index in [1.54, 1.807) is 0 Å². The highest BCUT2D eigenvalue weighted by atomic mass is 15.0. The minimum absolute atomic E-state index is 0.742. The van der Waals surface area contributed by atoms with Crippen LogP contribution in [0.5, 0.6) is 0 Å². The molecule has 13 heavy (non-hydrogen) atoms. The van der Waals surface area contributed by atoms with Crippen molar-refractivity contribution in [1.29, 1.82) is 0 Å². The van der Waals surface area contributed by atoms with Crippen LogP contribution in [-0.2, 0) is 0 Å². The van der Waals surface area contributed by atoms with Crippen LogP contribution >= 0.6 is 0 Å². The van der Waals surface area contributed by atoms with Crippen molar-refractivity contribution in [2.75, 3.05) is 6.54 Å². The maximum absolute atomic E-state index is 5.75. The summed E-state index contributed by atoms with van der Waals surface area (Å²) in [6, 6.07) is 1.58. The summed E-state index contributed by atoms with van der Waals surface area (Å²) in [5.74, 6) is 1.73. The van der Waals surface area contributed by atoms with Gasteiger partial charge < -0.3 is 11.1 Å². The van der Waals surface area contributed by atoms with E-state index in [0.29, 0.717) is 0 Å². The van der Waals surface area contributed by atoms with Crippen LogP contribution in [0.4, 0.5) is 0 Å². The predicted molar refractivity (Wildman–Crippen MR) is 55.5 cm³/mol. The van der Waals surface area contributed by atoms with Gasteiger partial charge in [-0.05, 0) is 37.6 Å². The molecule has 4 unspecified atom stereocenters. The summed E-state index contributed by atoms with van der Waals surface area (Å²) in [5.41, 5.74) is 5.75. The third-order valence-electron chi connectivity index (χ3n) is 3.84. The second-order valence-corrected chi connectivity index (χ2v) is 4.71. The van der Waals surface area contributed by atoms with Crippen molar-refractivity contribution in [3.8, 4) is 0 Å². The lowest BCUT2D eigenvalue weighted by Crippen LogP contribution is -2.37. The summed E-state index contributed by atoms with van der Waals surface area (Å²) < 4.78 is 0. The molecular formula is C11H22N2. The summed E-state index contributed by atoms with van der Waals surface area (Å²) in [6.45, 7) is 3.17. The van der Waals surface area contributed by atoms with Crippen molar-refractivity contribution >= 4 is 0 Å². The van der Waals surface area contributed by atoms with Crippen LogP contribution in [-0.4, -0.2) is 18.6 Å². The minimum atomic E-state index is 0.742. The lowest BCUT2D eigenvalue weighted by atomic mass is 10.0. The molecule has 76 valence electrons. The van der Waals surface area contributed by atoms with E-state index in [0.717, 1.165) is 30.5 Å². The van der Waals surface area contributed by atoms with Gasteiger partial charge >= 0.3 is 0 Å². The number of hydrogen-bond donors (Lipinski definition) is 2. The van der Waals surface area contributed by atoms with Crippen molar-refractivity contribution in [2.45, 2.75) is 51.1 Å². The van der Waals surface area contributed by atoms with Gasteiger partial charge in [0.1, 0.15) is 0 Å². The topological polar surface area (TPSA) is 38.0 Å². The molecule has 0 amide bonds. The monoisotopic (exact) mass is 182 g/mol. The Balaban J connectivity index is 1.75. The quantitative estimate of drug-likeness (QED) is 0.691. The molecule has 0 aromatic carbocycles. The second kappa shape index (κ2) is 3.97. The Morgan fingerprint density at radius 3 is 2.69 bits per heavy atom. The largest absolute Gasteiger partial charge is 0.330 e. The molecule has 2 nitrogen and oxygen atoms in total. The van der Waals surface area contributed by atoms with Crippen LogP contribution in [0.3, 0.4) is 0 Å². The molecule has 0 spiro atoms. The van der Waals surface area contributed by atoms with Crippen LogP contribution in [0, 0.1) is 11.8 Å². The van der Waals surface area contributed by atoms with Crippen molar-refractivity contribution < 1.29 is 0 Å². The zero-order valence-electron chi connectivity index (χ0n) is 8.63. The predicted octanol–water partition coefficient (Wildman–Crippen LogP) is 1.50. The Hall–Kier alpha value is -0.0800. The Morgan fingerprint density at radius 2 is 2.08 bits per heavy atom. The molecule has 0 radical (unpaired) electrons. The molecule has 0 heterocycles. The molecule has 2 saturated carbocycles. The maximum atomic E-state index is 5.75. The molecule has 0 aromatic heterocycles. The highest BCUT2D eigenvalue weighted by Crippen LogP contribution is 2.36. The lowest BCUT2D eigenvalue weighted by molar-refractivity contribution is 0.396. The summed E-state index contributed by atoms with van der Waals surface area (Å²) in [6.07, 6.45) is 6.83. The highest BCUT2D eigenvalue weighted by molar-refractivity contribution is 4.96. The first kappa shape index (κ1) is 9.47. The molecule has 0 aromatic rings. The molecule has 4 atom stereocenters. The molecule has 2 heteroatoms. The number of rotatable bonds is 4. The smallest absolute Gasteiger partial charge is 0.0110 e. The average molecular weight is 182 g/mol. The fraction of sp³-hybridized carbons (Fsp3) is 1.00. The number of hydrogen-bond acceptors (Lipinski definition) is 2. The summed E-state index contributed by atoms with van der Waals surface area (Å²) in [5, 5.41) is 3.77. The molecule has 2 aliphatic carbocycles. The van der Waals surface area contributed by atoms with E-state index in [-0.39, 0.29) is 0 Å². The lowest BCUT2D eigenvalue weighted by Gasteiger charge is -2.19. The van der Waals surface area contributed by atoms with E-state index in [4.69, 9.17) is 5.73 Å². The zero-order chi connectivity index (χ0) is 9.26. The Morgan fingerprint density at radius 1 is 1.23 bits per heavy atom. The van der Waals surface area contributed by atoms with E-state index in [1.165, 1.54) is 32.1 Å². The van der Waals surface area contributed by atoms with Gasteiger partial charge in [-0.2, -0.15) is 0 Å². The third kappa shape index (κ3) is 2.05. The van der Waals surface area contributed by atoms with E-state index in [2.05, 4.69) is 12.2 Å². The van der Waals surface area contributed by atoms with E-state index >= 15 is 0 Å². The van der Waals surface area contributed by atoms with Crippen molar-refractivity contribution in [1.82, 2.24) is 5.32 Å². The number of nitrogens with two attached hydrogens (primary N) is 1. The molecule has 2 aliphatic rings. The average Bonchev–Trinajstić information content (AvgIpc) is 2.74. The normalized spacial score (nSPS) is 43.8. The molecule has 0 bridgehead atoms. The van der Waals surface area contributed by atoms with Gasteiger partial charge in [-0.25, -0.2) is 0 Å².